The van der Waals surface area contributed by atoms with E-state index in [0.29, 0.717) is 5.56 Å². The van der Waals surface area contributed by atoms with E-state index in [-0.39, 0.29) is 0 Å². The average Bonchev–Trinajstić information content (AvgIpc) is 2.40. The van der Waals surface area contributed by atoms with Crippen LogP contribution in [-0.4, -0.2) is 17.0 Å². The van der Waals surface area contributed by atoms with Crippen LogP contribution in [0.25, 0.3) is 11.1 Å². The van der Waals surface area contributed by atoms with Gasteiger partial charge in [-0.2, -0.15) is 5.26 Å². The lowest BCUT2D eigenvalue weighted by Crippen LogP contribution is -2.05. The summed E-state index contributed by atoms with van der Waals surface area (Å²) in [7, 11) is 1.89. The molecular weight excluding hydrogens is 212 g/mol. The Morgan fingerprint density at radius 3 is 2.53 bits per heavy atom. The third kappa shape index (κ3) is 2.65. The molecule has 2 rings (SSSR count). The van der Waals surface area contributed by atoms with Crippen LogP contribution in [-0.2, 0) is 6.54 Å². The van der Waals surface area contributed by atoms with Gasteiger partial charge in [0.25, 0.3) is 0 Å². The van der Waals surface area contributed by atoms with Gasteiger partial charge in [0, 0.05) is 42.5 Å². The molecule has 0 aromatic carbocycles. The highest BCUT2D eigenvalue weighted by molar-refractivity contribution is 5.63. The van der Waals surface area contributed by atoms with E-state index in [2.05, 4.69) is 21.4 Å². The number of hydrogen-bond acceptors (Lipinski definition) is 4. The molecule has 0 saturated carbocycles. The molecule has 0 atom stereocenters. The first-order chi connectivity index (χ1) is 8.33. The van der Waals surface area contributed by atoms with Crippen LogP contribution in [0.15, 0.2) is 36.9 Å². The normalized spacial score (nSPS) is 9.88. The van der Waals surface area contributed by atoms with Crippen LogP contribution in [0.2, 0.25) is 0 Å². The first-order valence-corrected chi connectivity index (χ1v) is 5.27. The molecule has 0 radical (unpaired) electrons. The minimum atomic E-state index is 0.557. The Bertz CT molecular complexity index is 557. The van der Waals surface area contributed by atoms with E-state index in [4.69, 9.17) is 5.26 Å². The highest BCUT2D eigenvalue weighted by Gasteiger charge is 2.01. The first-order valence-electron chi connectivity index (χ1n) is 5.27. The van der Waals surface area contributed by atoms with E-state index in [1.165, 1.54) is 0 Å². The van der Waals surface area contributed by atoms with E-state index in [0.717, 1.165) is 23.2 Å². The predicted octanol–water partition coefficient (Wildman–Crippen LogP) is 1.73. The molecule has 0 fully saturated rings. The fourth-order valence-electron chi connectivity index (χ4n) is 1.61. The average molecular weight is 224 g/mol. The van der Waals surface area contributed by atoms with Crippen LogP contribution in [0.4, 0.5) is 0 Å². The zero-order valence-electron chi connectivity index (χ0n) is 9.51. The molecule has 0 spiro atoms. The van der Waals surface area contributed by atoms with Crippen molar-refractivity contribution in [1.82, 2.24) is 15.3 Å². The van der Waals surface area contributed by atoms with Gasteiger partial charge >= 0.3 is 0 Å². The molecule has 0 aliphatic rings. The second-order valence-corrected chi connectivity index (χ2v) is 3.69. The molecule has 0 aliphatic heterocycles. The van der Waals surface area contributed by atoms with Crippen molar-refractivity contribution in [1.29, 1.82) is 5.26 Å². The summed E-state index contributed by atoms with van der Waals surface area (Å²) < 4.78 is 0. The van der Waals surface area contributed by atoms with Gasteiger partial charge in [-0.15, -0.1) is 0 Å². The van der Waals surface area contributed by atoms with Gasteiger partial charge in [0.2, 0.25) is 0 Å². The predicted molar refractivity (Wildman–Crippen MR) is 64.9 cm³/mol. The number of nitrogens with one attached hydrogen (secondary N) is 1. The van der Waals surface area contributed by atoms with Gasteiger partial charge < -0.3 is 5.32 Å². The molecule has 0 unspecified atom stereocenters. The zero-order valence-corrected chi connectivity index (χ0v) is 9.51. The van der Waals surface area contributed by atoms with Crippen molar-refractivity contribution < 1.29 is 0 Å². The fraction of sp³-hybridized carbons (Fsp3) is 0.154. The fourth-order valence-corrected chi connectivity index (χ4v) is 1.61. The van der Waals surface area contributed by atoms with Gasteiger partial charge in [0.15, 0.2) is 0 Å². The summed E-state index contributed by atoms with van der Waals surface area (Å²) >= 11 is 0. The summed E-state index contributed by atoms with van der Waals surface area (Å²) in [6.45, 7) is 0.770. The van der Waals surface area contributed by atoms with Gasteiger partial charge in [0.1, 0.15) is 6.07 Å². The molecule has 0 bridgehead atoms. The lowest BCUT2D eigenvalue weighted by atomic mass is 10.1. The van der Waals surface area contributed by atoms with Gasteiger partial charge in [-0.05, 0) is 24.7 Å². The van der Waals surface area contributed by atoms with Crippen LogP contribution >= 0.6 is 0 Å². The Hall–Kier alpha value is -2.25. The Morgan fingerprint density at radius 2 is 1.82 bits per heavy atom. The molecule has 2 aromatic rings. The number of pyridine rings is 2. The minimum absolute atomic E-state index is 0.557. The Kier molecular flexibility index (Phi) is 3.43. The quantitative estimate of drug-likeness (QED) is 0.862. The highest BCUT2D eigenvalue weighted by atomic mass is 14.8. The summed E-state index contributed by atoms with van der Waals surface area (Å²) in [6, 6.07) is 5.94. The number of nitriles is 1. The molecule has 17 heavy (non-hydrogen) atoms. The molecule has 4 heteroatoms. The van der Waals surface area contributed by atoms with Crippen molar-refractivity contribution >= 4 is 0 Å². The van der Waals surface area contributed by atoms with Gasteiger partial charge in [-0.25, -0.2) is 0 Å². The smallest absolute Gasteiger partial charge is 0.101 e. The second-order valence-electron chi connectivity index (χ2n) is 3.69. The van der Waals surface area contributed by atoms with E-state index in [1.807, 2.05) is 25.4 Å². The third-order valence-electron chi connectivity index (χ3n) is 2.38. The second kappa shape index (κ2) is 5.19. The van der Waals surface area contributed by atoms with Crippen molar-refractivity contribution in [3.05, 3.63) is 48.0 Å². The maximum Gasteiger partial charge on any atom is 0.101 e. The van der Waals surface area contributed by atoms with Crippen molar-refractivity contribution in [2.75, 3.05) is 7.05 Å². The monoisotopic (exact) mass is 224 g/mol. The largest absolute Gasteiger partial charge is 0.316 e. The van der Waals surface area contributed by atoms with Crippen molar-refractivity contribution in [2.24, 2.45) is 0 Å². The molecule has 0 saturated heterocycles. The van der Waals surface area contributed by atoms with E-state index in [1.54, 1.807) is 18.6 Å². The number of rotatable bonds is 3. The molecule has 0 aliphatic carbocycles. The third-order valence-corrected chi connectivity index (χ3v) is 2.38. The highest BCUT2D eigenvalue weighted by Crippen LogP contribution is 2.19. The van der Waals surface area contributed by atoms with Gasteiger partial charge in [-0.3, -0.25) is 9.97 Å². The standard InChI is InChI=1S/C13H12N4/c1-15-5-11-3-13(9-17-7-11)12-2-10(4-14)6-16-8-12/h2-3,6-9,15H,5H2,1H3. The molecule has 2 aromatic heterocycles. The molecule has 2 heterocycles. The summed E-state index contributed by atoms with van der Waals surface area (Å²) in [5.41, 5.74) is 3.55. The van der Waals surface area contributed by atoms with Crippen LogP contribution in [0.3, 0.4) is 0 Å². The zero-order chi connectivity index (χ0) is 12.1. The van der Waals surface area contributed by atoms with Crippen molar-refractivity contribution in [3.8, 4) is 17.2 Å². The van der Waals surface area contributed by atoms with E-state index >= 15 is 0 Å². The van der Waals surface area contributed by atoms with Crippen LogP contribution < -0.4 is 5.32 Å². The van der Waals surface area contributed by atoms with E-state index in [9.17, 15) is 0 Å². The SMILES string of the molecule is CNCc1cncc(-c2cncc(C#N)c2)c1. The maximum atomic E-state index is 8.83. The van der Waals surface area contributed by atoms with Gasteiger partial charge in [-0.1, -0.05) is 0 Å². The minimum Gasteiger partial charge on any atom is -0.316 e. The van der Waals surface area contributed by atoms with Crippen molar-refractivity contribution in [2.45, 2.75) is 6.54 Å². The molecule has 4 nitrogen and oxygen atoms in total. The Morgan fingerprint density at radius 1 is 1.12 bits per heavy atom. The van der Waals surface area contributed by atoms with Crippen LogP contribution in [0.1, 0.15) is 11.1 Å². The van der Waals surface area contributed by atoms with Crippen molar-refractivity contribution in [3.63, 3.8) is 0 Å². The lowest BCUT2D eigenvalue weighted by molar-refractivity contribution is 0.813. The number of nitrogens with zero attached hydrogens (tertiary/aromatic N) is 3. The molecule has 84 valence electrons. The summed E-state index contributed by atoms with van der Waals surface area (Å²) in [5, 5.41) is 11.9. The van der Waals surface area contributed by atoms with Crippen LogP contribution in [0.5, 0.6) is 0 Å². The first kappa shape index (κ1) is 11.2. The Balaban J connectivity index is 2.39. The Labute approximate surface area is 100.0 Å². The topological polar surface area (TPSA) is 61.6 Å². The molecule has 1 N–H and O–H groups in total. The van der Waals surface area contributed by atoms with Gasteiger partial charge in [0.05, 0.1) is 5.56 Å². The van der Waals surface area contributed by atoms with Crippen LogP contribution in [0, 0.1) is 11.3 Å². The summed E-state index contributed by atoms with van der Waals surface area (Å²) in [5.74, 6) is 0. The number of aromatic nitrogens is 2. The lowest BCUT2D eigenvalue weighted by Gasteiger charge is -2.04. The molecule has 0 amide bonds. The number of hydrogen-bond donors (Lipinski definition) is 1. The maximum absolute atomic E-state index is 8.83. The van der Waals surface area contributed by atoms with E-state index < -0.39 is 0 Å². The summed E-state index contributed by atoms with van der Waals surface area (Å²) in [4.78, 5) is 8.23. The molecular formula is C13H12N4. The summed E-state index contributed by atoms with van der Waals surface area (Å²) in [6.07, 6.45) is 6.88.